The molecule has 0 radical (unpaired) electrons. The first kappa shape index (κ1) is 21.6. The van der Waals surface area contributed by atoms with Crippen molar-refractivity contribution in [2.24, 2.45) is 0 Å². The maximum Gasteiger partial charge on any atom is 0.408 e. The molecule has 144 valence electrons. The van der Waals surface area contributed by atoms with Crippen LogP contribution in [0.15, 0.2) is 24.3 Å². The fourth-order valence-electron chi connectivity index (χ4n) is 1.66. The topological polar surface area (TPSA) is 106 Å². The van der Waals surface area contributed by atoms with Crippen molar-refractivity contribution in [3.05, 3.63) is 29.3 Å². The van der Waals surface area contributed by atoms with Crippen molar-refractivity contribution in [3.63, 3.8) is 0 Å². The van der Waals surface area contributed by atoms with E-state index in [1.165, 1.54) is 0 Å². The second kappa shape index (κ2) is 10.5. The molecule has 0 heterocycles. The zero-order chi connectivity index (χ0) is 19.6. The number of nitrogens with one attached hydrogen (secondary N) is 3. The summed E-state index contributed by atoms with van der Waals surface area (Å²) < 4.78 is 10.3. The minimum absolute atomic E-state index is 0.143. The van der Waals surface area contributed by atoms with E-state index in [0.717, 1.165) is 0 Å². The highest BCUT2D eigenvalue weighted by atomic mass is 35.5. The monoisotopic (exact) mass is 385 g/mol. The lowest BCUT2D eigenvalue weighted by Crippen LogP contribution is -2.42. The van der Waals surface area contributed by atoms with Gasteiger partial charge in [-0.25, -0.2) is 4.79 Å². The zero-order valence-electron chi connectivity index (χ0n) is 15.1. The number of carbonyl (C=O) groups is 3. The number of carbonyl (C=O) groups excluding carboxylic acids is 3. The first-order valence-corrected chi connectivity index (χ1v) is 8.42. The second-order valence-electron chi connectivity index (χ2n) is 6.30. The number of hydrogen-bond acceptors (Lipinski definition) is 5. The zero-order valence-corrected chi connectivity index (χ0v) is 15.8. The largest absolute Gasteiger partial charge is 0.484 e. The van der Waals surface area contributed by atoms with Crippen LogP contribution in [-0.4, -0.2) is 49.7 Å². The van der Waals surface area contributed by atoms with Crippen molar-refractivity contribution in [2.45, 2.75) is 26.4 Å². The Morgan fingerprint density at radius 3 is 2.12 bits per heavy atom. The lowest BCUT2D eigenvalue weighted by atomic mass is 10.2. The summed E-state index contributed by atoms with van der Waals surface area (Å²) in [6.07, 6.45) is -0.666. The summed E-state index contributed by atoms with van der Waals surface area (Å²) in [4.78, 5) is 34.6. The summed E-state index contributed by atoms with van der Waals surface area (Å²) in [5.74, 6) is -0.172. The molecule has 0 aromatic heterocycles. The fourth-order valence-corrected chi connectivity index (χ4v) is 1.79. The normalized spacial score (nSPS) is 10.6. The van der Waals surface area contributed by atoms with Crippen LogP contribution in [0.1, 0.15) is 20.8 Å². The Kier molecular flexibility index (Phi) is 8.71. The molecule has 0 aliphatic carbocycles. The van der Waals surface area contributed by atoms with E-state index in [1.807, 2.05) is 0 Å². The van der Waals surface area contributed by atoms with Gasteiger partial charge < -0.3 is 25.4 Å². The molecule has 0 aliphatic heterocycles. The van der Waals surface area contributed by atoms with Gasteiger partial charge in [0.25, 0.3) is 5.91 Å². The van der Waals surface area contributed by atoms with Gasteiger partial charge in [-0.2, -0.15) is 0 Å². The van der Waals surface area contributed by atoms with Crippen molar-refractivity contribution >= 4 is 29.5 Å². The summed E-state index contributed by atoms with van der Waals surface area (Å²) in [7, 11) is 0. The summed E-state index contributed by atoms with van der Waals surface area (Å²) in [6, 6.07) is 6.65. The molecular formula is C17H24ClN3O5. The van der Waals surface area contributed by atoms with Crippen molar-refractivity contribution in [1.29, 1.82) is 0 Å². The van der Waals surface area contributed by atoms with Crippen LogP contribution in [0.25, 0.3) is 0 Å². The number of alkyl carbamates (subject to hydrolysis) is 1. The van der Waals surface area contributed by atoms with E-state index in [0.29, 0.717) is 10.8 Å². The van der Waals surface area contributed by atoms with Crippen LogP contribution in [-0.2, 0) is 14.3 Å². The molecule has 3 amide bonds. The Labute approximate surface area is 157 Å². The number of ether oxygens (including phenoxy) is 2. The Balaban J connectivity index is 2.09. The summed E-state index contributed by atoms with van der Waals surface area (Å²) >= 11 is 5.75. The van der Waals surface area contributed by atoms with Gasteiger partial charge in [-0.3, -0.25) is 9.59 Å². The average Bonchev–Trinajstić information content (AvgIpc) is 2.55. The van der Waals surface area contributed by atoms with Crippen LogP contribution >= 0.6 is 11.6 Å². The molecule has 0 fully saturated rings. The van der Waals surface area contributed by atoms with Crippen LogP contribution in [0.4, 0.5) is 4.79 Å². The molecule has 1 aromatic carbocycles. The summed E-state index contributed by atoms with van der Waals surface area (Å²) in [5, 5.41) is 8.08. The van der Waals surface area contributed by atoms with E-state index in [4.69, 9.17) is 21.1 Å². The maximum absolute atomic E-state index is 11.6. The van der Waals surface area contributed by atoms with E-state index >= 15 is 0 Å². The molecule has 9 heteroatoms. The number of amides is 3. The van der Waals surface area contributed by atoms with E-state index in [2.05, 4.69) is 16.0 Å². The van der Waals surface area contributed by atoms with Gasteiger partial charge in [0.05, 0.1) is 6.54 Å². The van der Waals surface area contributed by atoms with Gasteiger partial charge in [-0.1, -0.05) is 11.6 Å². The molecule has 0 saturated carbocycles. The minimum atomic E-state index is -0.666. The third kappa shape index (κ3) is 10.4. The smallest absolute Gasteiger partial charge is 0.408 e. The predicted octanol–water partition coefficient (Wildman–Crippen LogP) is 1.48. The Hall–Kier alpha value is -2.48. The molecule has 1 aromatic rings. The highest BCUT2D eigenvalue weighted by Gasteiger charge is 2.16. The van der Waals surface area contributed by atoms with Gasteiger partial charge >= 0.3 is 6.09 Å². The van der Waals surface area contributed by atoms with Crippen LogP contribution < -0.4 is 20.7 Å². The Bertz CT molecular complexity index is 614. The molecule has 0 atom stereocenters. The molecule has 0 aliphatic rings. The third-order valence-electron chi connectivity index (χ3n) is 2.75. The third-order valence-corrected chi connectivity index (χ3v) is 3.00. The molecule has 8 nitrogen and oxygen atoms in total. The second-order valence-corrected chi connectivity index (χ2v) is 6.73. The molecule has 26 heavy (non-hydrogen) atoms. The van der Waals surface area contributed by atoms with Crippen molar-refractivity contribution in [2.75, 3.05) is 26.2 Å². The maximum atomic E-state index is 11.6. The van der Waals surface area contributed by atoms with Gasteiger partial charge in [0.2, 0.25) is 5.91 Å². The first-order valence-electron chi connectivity index (χ1n) is 8.04. The van der Waals surface area contributed by atoms with Gasteiger partial charge in [0.1, 0.15) is 11.4 Å². The minimum Gasteiger partial charge on any atom is -0.484 e. The van der Waals surface area contributed by atoms with E-state index in [9.17, 15) is 14.4 Å². The highest BCUT2D eigenvalue weighted by molar-refractivity contribution is 6.30. The predicted molar refractivity (Wildman–Crippen MR) is 97.2 cm³/mol. The van der Waals surface area contributed by atoms with Crippen LogP contribution in [0.2, 0.25) is 5.02 Å². The molecule has 1 rings (SSSR count). The molecule has 0 unspecified atom stereocenters. The van der Waals surface area contributed by atoms with Crippen LogP contribution in [0, 0.1) is 0 Å². The quantitative estimate of drug-likeness (QED) is 0.588. The Morgan fingerprint density at radius 1 is 0.962 bits per heavy atom. The van der Waals surface area contributed by atoms with Crippen LogP contribution in [0.5, 0.6) is 5.75 Å². The van der Waals surface area contributed by atoms with Crippen molar-refractivity contribution < 1.29 is 23.9 Å². The molecule has 3 N–H and O–H groups in total. The lowest BCUT2D eigenvalue weighted by molar-refractivity contribution is -0.123. The lowest BCUT2D eigenvalue weighted by Gasteiger charge is -2.19. The van der Waals surface area contributed by atoms with Crippen molar-refractivity contribution in [3.8, 4) is 5.75 Å². The van der Waals surface area contributed by atoms with E-state index in [-0.39, 0.29) is 38.1 Å². The van der Waals surface area contributed by atoms with E-state index < -0.39 is 11.7 Å². The number of hydrogen-bond donors (Lipinski definition) is 3. The molecule has 0 spiro atoms. The van der Waals surface area contributed by atoms with Gasteiger partial charge in [-0.05, 0) is 45.0 Å². The highest BCUT2D eigenvalue weighted by Crippen LogP contribution is 2.15. The fraction of sp³-hybridized carbons (Fsp3) is 0.471. The number of halogens is 1. The average molecular weight is 386 g/mol. The van der Waals surface area contributed by atoms with Gasteiger partial charge in [-0.15, -0.1) is 0 Å². The van der Waals surface area contributed by atoms with Crippen molar-refractivity contribution in [1.82, 2.24) is 16.0 Å². The standard InChI is InChI=1S/C17H24ClN3O5/c1-17(2,3)26-16(24)21-10-14(22)19-8-9-20-15(23)11-25-13-6-4-12(18)5-7-13/h4-7H,8-11H2,1-3H3,(H,19,22)(H,20,23)(H,21,24). The number of benzene rings is 1. The SMILES string of the molecule is CC(C)(C)OC(=O)NCC(=O)NCCNC(=O)COc1ccc(Cl)cc1. The Morgan fingerprint density at radius 2 is 1.54 bits per heavy atom. The molecular weight excluding hydrogens is 362 g/mol. The summed E-state index contributed by atoms with van der Waals surface area (Å²) in [6.45, 7) is 5.30. The molecule has 0 bridgehead atoms. The summed E-state index contributed by atoms with van der Waals surface area (Å²) in [5.41, 5.74) is -0.626. The molecule has 0 saturated heterocycles. The van der Waals surface area contributed by atoms with Crippen LogP contribution in [0.3, 0.4) is 0 Å². The number of rotatable bonds is 8. The van der Waals surface area contributed by atoms with Gasteiger partial charge in [0, 0.05) is 18.1 Å². The van der Waals surface area contributed by atoms with Gasteiger partial charge in [0.15, 0.2) is 6.61 Å². The first-order chi connectivity index (χ1) is 12.2. The van der Waals surface area contributed by atoms with E-state index in [1.54, 1.807) is 45.0 Å².